The molecule has 8 heteroatoms. The lowest BCUT2D eigenvalue weighted by atomic mass is 10.0. The highest BCUT2D eigenvalue weighted by Crippen LogP contribution is 2.39. The fraction of sp³-hybridized carbons (Fsp3) is 0.500. The first-order valence-corrected chi connectivity index (χ1v) is 11.8. The quantitative estimate of drug-likeness (QED) is 0.567. The SMILES string of the molecule is CCOC(=O)c1c(NC(=O)c2cc(OC)c(OC)cc2OC)sc2c1CCCCCCC2. The van der Waals surface area contributed by atoms with Gasteiger partial charge in [0.25, 0.3) is 5.91 Å². The monoisotopic (exact) mass is 461 g/mol. The van der Waals surface area contributed by atoms with E-state index in [-0.39, 0.29) is 24.0 Å². The second-order valence-electron chi connectivity index (χ2n) is 7.56. The van der Waals surface area contributed by atoms with E-state index in [4.69, 9.17) is 18.9 Å². The first kappa shape index (κ1) is 23.9. The van der Waals surface area contributed by atoms with E-state index in [1.165, 1.54) is 45.5 Å². The maximum absolute atomic E-state index is 13.3. The number of methoxy groups -OCH3 is 3. The van der Waals surface area contributed by atoms with Crippen molar-refractivity contribution in [3.8, 4) is 17.2 Å². The molecule has 1 aliphatic rings. The highest BCUT2D eigenvalue weighted by Gasteiger charge is 2.27. The molecule has 1 N–H and O–H groups in total. The lowest BCUT2D eigenvalue weighted by molar-refractivity contribution is 0.0526. The molecule has 0 unspecified atom stereocenters. The number of thiophene rings is 1. The van der Waals surface area contributed by atoms with Crippen LogP contribution in [0.4, 0.5) is 5.00 Å². The van der Waals surface area contributed by atoms with Crippen LogP contribution in [-0.2, 0) is 17.6 Å². The van der Waals surface area contributed by atoms with Crippen LogP contribution in [0.5, 0.6) is 17.2 Å². The minimum Gasteiger partial charge on any atom is -0.496 e. The van der Waals surface area contributed by atoms with Crippen LogP contribution >= 0.6 is 11.3 Å². The van der Waals surface area contributed by atoms with Gasteiger partial charge in [-0.25, -0.2) is 4.79 Å². The Hall–Kier alpha value is -2.74. The third-order valence-corrected chi connectivity index (χ3v) is 6.79. The van der Waals surface area contributed by atoms with E-state index in [0.29, 0.717) is 27.8 Å². The van der Waals surface area contributed by atoms with Crippen LogP contribution in [0.3, 0.4) is 0 Å². The molecule has 3 rings (SSSR count). The largest absolute Gasteiger partial charge is 0.496 e. The molecule has 1 aliphatic carbocycles. The minimum absolute atomic E-state index is 0.278. The van der Waals surface area contributed by atoms with Crippen molar-refractivity contribution < 1.29 is 28.5 Å². The summed E-state index contributed by atoms with van der Waals surface area (Å²) in [5.41, 5.74) is 1.80. The normalized spacial score (nSPS) is 13.8. The summed E-state index contributed by atoms with van der Waals surface area (Å²) in [4.78, 5) is 27.3. The van der Waals surface area contributed by atoms with E-state index >= 15 is 0 Å². The van der Waals surface area contributed by atoms with Crippen molar-refractivity contribution in [2.24, 2.45) is 0 Å². The first-order valence-electron chi connectivity index (χ1n) is 11.0. The summed E-state index contributed by atoms with van der Waals surface area (Å²) in [5, 5.41) is 3.47. The summed E-state index contributed by atoms with van der Waals surface area (Å²) in [6, 6.07) is 3.18. The number of ether oxygens (including phenoxy) is 4. The number of benzene rings is 1. The Labute approximate surface area is 193 Å². The number of carbonyl (C=O) groups excluding carboxylic acids is 2. The minimum atomic E-state index is -0.390. The van der Waals surface area contributed by atoms with Gasteiger partial charge >= 0.3 is 5.97 Å². The number of hydrogen-bond acceptors (Lipinski definition) is 7. The van der Waals surface area contributed by atoms with Gasteiger partial charge in [0.1, 0.15) is 10.8 Å². The van der Waals surface area contributed by atoms with Crippen molar-refractivity contribution in [3.63, 3.8) is 0 Å². The molecule has 0 fully saturated rings. The van der Waals surface area contributed by atoms with Crippen molar-refractivity contribution >= 4 is 28.2 Å². The van der Waals surface area contributed by atoms with Gasteiger partial charge in [-0.15, -0.1) is 11.3 Å². The summed E-state index contributed by atoms with van der Waals surface area (Å²) >= 11 is 1.47. The first-order chi connectivity index (χ1) is 15.5. The smallest absolute Gasteiger partial charge is 0.341 e. The van der Waals surface area contributed by atoms with E-state index in [1.807, 2.05) is 0 Å². The molecule has 32 heavy (non-hydrogen) atoms. The summed E-state index contributed by atoms with van der Waals surface area (Å²) < 4.78 is 21.4. The average molecular weight is 462 g/mol. The van der Waals surface area contributed by atoms with Crippen molar-refractivity contribution in [2.75, 3.05) is 33.3 Å². The molecular formula is C24H31NO6S. The van der Waals surface area contributed by atoms with E-state index in [9.17, 15) is 9.59 Å². The molecular weight excluding hydrogens is 430 g/mol. The Kier molecular flexibility index (Phi) is 8.39. The molecule has 2 aromatic rings. The van der Waals surface area contributed by atoms with Crippen LogP contribution in [-0.4, -0.2) is 39.8 Å². The van der Waals surface area contributed by atoms with Crippen molar-refractivity contribution in [3.05, 3.63) is 33.7 Å². The topological polar surface area (TPSA) is 83.1 Å². The van der Waals surface area contributed by atoms with Crippen LogP contribution in [0.25, 0.3) is 0 Å². The zero-order valence-electron chi connectivity index (χ0n) is 19.2. The molecule has 1 amide bonds. The van der Waals surface area contributed by atoms with Gasteiger partial charge in [-0.05, 0) is 38.2 Å². The molecule has 0 radical (unpaired) electrons. The maximum atomic E-state index is 13.3. The zero-order valence-corrected chi connectivity index (χ0v) is 20.0. The van der Waals surface area contributed by atoms with Gasteiger partial charge in [0.15, 0.2) is 11.5 Å². The third-order valence-electron chi connectivity index (χ3n) is 5.58. The molecule has 0 atom stereocenters. The predicted molar refractivity (Wildman–Crippen MR) is 125 cm³/mol. The van der Waals surface area contributed by atoms with Gasteiger partial charge in [0.2, 0.25) is 0 Å². The molecule has 1 heterocycles. The molecule has 174 valence electrons. The zero-order chi connectivity index (χ0) is 23.1. The Morgan fingerprint density at radius 1 is 0.906 bits per heavy atom. The van der Waals surface area contributed by atoms with Gasteiger partial charge in [0.05, 0.1) is 39.1 Å². The molecule has 0 saturated heterocycles. The van der Waals surface area contributed by atoms with Crippen LogP contribution in [0.15, 0.2) is 12.1 Å². The molecule has 0 spiro atoms. The number of esters is 1. The predicted octanol–water partition coefficient (Wildman–Crippen LogP) is 5.25. The number of hydrogen-bond donors (Lipinski definition) is 1. The average Bonchev–Trinajstić information content (AvgIpc) is 3.18. The Morgan fingerprint density at radius 3 is 2.19 bits per heavy atom. The lowest BCUT2D eigenvalue weighted by Crippen LogP contribution is -2.16. The third kappa shape index (κ3) is 5.18. The van der Waals surface area contributed by atoms with E-state index in [0.717, 1.165) is 42.5 Å². The lowest BCUT2D eigenvalue weighted by Gasteiger charge is -2.14. The van der Waals surface area contributed by atoms with Gasteiger partial charge < -0.3 is 24.3 Å². The molecule has 0 aliphatic heterocycles. The highest BCUT2D eigenvalue weighted by atomic mass is 32.1. The Bertz CT molecular complexity index is 968. The summed E-state index contributed by atoms with van der Waals surface area (Å²) in [6.45, 7) is 2.06. The number of nitrogens with one attached hydrogen (secondary N) is 1. The number of amides is 1. The number of aryl methyl sites for hydroxylation is 1. The number of anilines is 1. The standard InChI is InChI=1S/C24H31NO6S/c1-5-31-24(27)21-15-11-9-7-6-8-10-12-20(15)32-23(21)25-22(26)16-13-18(29-3)19(30-4)14-17(16)28-2/h13-14H,5-12H2,1-4H3,(H,25,26). The summed E-state index contributed by atoms with van der Waals surface area (Å²) in [6.07, 6.45) is 7.35. The number of rotatable bonds is 7. The van der Waals surface area contributed by atoms with Gasteiger partial charge in [-0.2, -0.15) is 0 Å². The maximum Gasteiger partial charge on any atom is 0.341 e. The molecule has 1 aromatic carbocycles. The Morgan fingerprint density at radius 2 is 1.53 bits per heavy atom. The van der Waals surface area contributed by atoms with E-state index in [2.05, 4.69) is 5.32 Å². The fourth-order valence-corrected chi connectivity index (χ4v) is 5.25. The Balaban J connectivity index is 2.01. The van der Waals surface area contributed by atoms with Crippen LogP contribution in [0, 0.1) is 0 Å². The van der Waals surface area contributed by atoms with Crippen LogP contribution < -0.4 is 19.5 Å². The number of fused-ring (bicyclic) bond motifs is 1. The van der Waals surface area contributed by atoms with Gasteiger partial charge in [-0.3, -0.25) is 4.79 Å². The highest BCUT2D eigenvalue weighted by molar-refractivity contribution is 7.17. The molecule has 0 saturated carbocycles. The van der Waals surface area contributed by atoms with Gasteiger partial charge in [-0.1, -0.05) is 19.3 Å². The second-order valence-corrected chi connectivity index (χ2v) is 8.66. The van der Waals surface area contributed by atoms with Crippen molar-refractivity contribution in [1.29, 1.82) is 0 Å². The molecule has 1 aromatic heterocycles. The summed E-state index contributed by atoms with van der Waals surface area (Å²) in [5.74, 6) is 0.449. The van der Waals surface area contributed by atoms with E-state index < -0.39 is 0 Å². The molecule has 0 bridgehead atoms. The van der Waals surface area contributed by atoms with Crippen LogP contribution in [0.1, 0.15) is 70.2 Å². The number of carbonyl (C=O) groups is 2. The molecule has 7 nitrogen and oxygen atoms in total. The van der Waals surface area contributed by atoms with Crippen LogP contribution in [0.2, 0.25) is 0 Å². The fourth-order valence-electron chi connectivity index (χ4n) is 3.98. The van der Waals surface area contributed by atoms with Crippen molar-refractivity contribution in [2.45, 2.75) is 51.9 Å². The van der Waals surface area contributed by atoms with Gasteiger partial charge in [0, 0.05) is 17.0 Å². The van der Waals surface area contributed by atoms with E-state index in [1.54, 1.807) is 19.1 Å². The van der Waals surface area contributed by atoms with Crippen molar-refractivity contribution in [1.82, 2.24) is 0 Å². The second kappa shape index (κ2) is 11.2. The summed E-state index contributed by atoms with van der Waals surface area (Å²) in [7, 11) is 4.51.